The van der Waals surface area contributed by atoms with Gasteiger partial charge in [0.1, 0.15) is 5.76 Å². The summed E-state index contributed by atoms with van der Waals surface area (Å²) in [4.78, 5) is 4.02. The second-order valence-corrected chi connectivity index (χ2v) is 3.37. The van der Waals surface area contributed by atoms with Gasteiger partial charge in [0, 0.05) is 12.4 Å². The Morgan fingerprint density at radius 1 is 1.58 bits per heavy atom. The Morgan fingerprint density at radius 3 is 3.08 bits per heavy atom. The molecule has 2 heterocycles. The molecule has 2 N–H and O–H groups in total. The molecule has 0 bridgehead atoms. The minimum absolute atomic E-state index is 0.194. The molecule has 1 aliphatic rings. The summed E-state index contributed by atoms with van der Waals surface area (Å²) >= 11 is 0. The second kappa shape index (κ2) is 1.72. The molecule has 2 aromatic rings. The smallest absolute Gasteiger partial charge is 0.305 e. The third kappa shape index (κ3) is 0.674. The van der Waals surface area contributed by atoms with E-state index in [0.717, 1.165) is 18.6 Å². The summed E-state index contributed by atoms with van der Waals surface area (Å²) < 4.78 is 7.31. The molecule has 1 fully saturated rings. The molecule has 2 aromatic heterocycles. The van der Waals surface area contributed by atoms with E-state index in [-0.39, 0.29) is 5.54 Å². The minimum Gasteiger partial charge on any atom is -0.426 e. The van der Waals surface area contributed by atoms with Crippen molar-refractivity contribution in [1.82, 2.24) is 9.38 Å². The largest absolute Gasteiger partial charge is 0.426 e. The molecule has 0 radical (unpaired) electrons. The molecule has 1 aliphatic carbocycles. The number of oxazole rings is 1. The maximum Gasteiger partial charge on any atom is 0.305 e. The number of hydrogen-bond donors (Lipinski definition) is 1. The average Bonchev–Trinajstić information content (AvgIpc) is 2.50. The lowest BCUT2D eigenvalue weighted by atomic mass is 10.2. The molecular weight excluding hydrogens is 154 g/mol. The average molecular weight is 163 g/mol. The molecule has 0 aromatic carbocycles. The van der Waals surface area contributed by atoms with Gasteiger partial charge < -0.3 is 10.2 Å². The van der Waals surface area contributed by atoms with Gasteiger partial charge in [0.25, 0.3) is 0 Å². The van der Waals surface area contributed by atoms with Crippen LogP contribution in [-0.4, -0.2) is 9.38 Å². The van der Waals surface area contributed by atoms with Crippen LogP contribution in [0.15, 0.2) is 23.0 Å². The standard InChI is InChI=1S/C8H9N3O/c9-8(1-2-8)6-5-11-4-3-10-7(11)12-6/h3-5H,1-2,9H2. The van der Waals surface area contributed by atoms with E-state index in [1.807, 2.05) is 16.8 Å². The molecule has 0 saturated heterocycles. The monoisotopic (exact) mass is 163 g/mol. The highest BCUT2D eigenvalue weighted by molar-refractivity contribution is 5.29. The van der Waals surface area contributed by atoms with Crippen LogP contribution in [0, 0.1) is 0 Å². The van der Waals surface area contributed by atoms with Crippen molar-refractivity contribution in [2.24, 2.45) is 5.73 Å². The van der Waals surface area contributed by atoms with Crippen LogP contribution in [0.2, 0.25) is 0 Å². The first kappa shape index (κ1) is 6.25. The Hall–Kier alpha value is -1.29. The first-order valence-corrected chi connectivity index (χ1v) is 4.00. The van der Waals surface area contributed by atoms with Gasteiger partial charge in [0.15, 0.2) is 0 Å². The first-order chi connectivity index (χ1) is 5.78. The lowest BCUT2D eigenvalue weighted by Gasteiger charge is -2.00. The van der Waals surface area contributed by atoms with Crippen molar-refractivity contribution in [1.29, 1.82) is 0 Å². The van der Waals surface area contributed by atoms with Crippen molar-refractivity contribution in [2.75, 3.05) is 0 Å². The maximum atomic E-state index is 5.96. The summed E-state index contributed by atoms with van der Waals surface area (Å²) in [6.45, 7) is 0. The Labute approximate surface area is 69.0 Å². The fourth-order valence-electron chi connectivity index (χ4n) is 1.34. The van der Waals surface area contributed by atoms with Crippen LogP contribution in [0.1, 0.15) is 18.6 Å². The van der Waals surface area contributed by atoms with Crippen LogP contribution >= 0.6 is 0 Å². The van der Waals surface area contributed by atoms with Crippen molar-refractivity contribution in [2.45, 2.75) is 18.4 Å². The van der Waals surface area contributed by atoms with Crippen LogP contribution in [-0.2, 0) is 5.54 Å². The molecule has 0 spiro atoms. The fraction of sp³-hybridized carbons (Fsp3) is 0.375. The zero-order valence-corrected chi connectivity index (χ0v) is 6.53. The summed E-state index contributed by atoms with van der Waals surface area (Å²) in [5, 5.41) is 0. The van der Waals surface area contributed by atoms with E-state index >= 15 is 0 Å². The molecule has 4 nitrogen and oxygen atoms in total. The highest BCUT2D eigenvalue weighted by Crippen LogP contribution is 2.43. The van der Waals surface area contributed by atoms with Gasteiger partial charge in [-0.05, 0) is 12.8 Å². The summed E-state index contributed by atoms with van der Waals surface area (Å²) in [5.41, 5.74) is 5.76. The number of imidazole rings is 1. The first-order valence-electron chi connectivity index (χ1n) is 4.00. The van der Waals surface area contributed by atoms with Crippen LogP contribution < -0.4 is 5.73 Å². The lowest BCUT2D eigenvalue weighted by molar-refractivity contribution is 0.479. The molecule has 0 atom stereocenters. The van der Waals surface area contributed by atoms with E-state index in [9.17, 15) is 0 Å². The van der Waals surface area contributed by atoms with Crippen molar-refractivity contribution < 1.29 is 4.42 Å². The zero-order chi connectivity index (χ0) is 8.18. The molecule has 4 heteroatoms. The van der Waals surface area contributed by atoms with Gasteiger partial charge in [-0.3, -0.25) is 4.40 Å². The van der Waals surface area contributed by atoms with E-state index in [0.29, 0.717) is 5.84 Å². The fourth-order valence-corrected chi connectivity index (χ4v) is 1.34. The van der Waals surface area contributed by atoms with Crippen LogP contribution in [0.3, 0.4) is 0 Å². The molecule has 3 rings (SSSR count). The van der Waals surface area contributed by atoms with E-state index in [1.165, 1.54) is 0 Å². The second-order valence-electron chi connectivity index (χ2n) is 3.37. The third-order valence-corrected chi connectivity index (χ3v) is 2.37. The van der Waals surface area contributed by atoms with Crippen LogP contribution in [0.5, 0.6) is 0 Å². The molecule has 0 amide bonds. The van der Waals surface area contributed by atoms with Gasteiger partial charge in [-0.25, -0.2) is 4.98 Å². The Morgan fingerprint density at radius 2 is 2.42 bits per heavy atom. The van der Waals surface area contributed by atoms with Gasteiger partial charge in [-0.1, -0.05) is 0 Å². The summed E-state index contributed by atoms with van der Waals surface area (Å²) in [7, 11) is 0. The Kier molecular flexibility index (Phi) is 0.895. The molecular formula is C8H9N3O. The van der Waals surface area contributed by atoms with Crippen LogP contribution in [0.25, 0.3) is 5.84 Å². The lowest BCUT2D eigenvalue weighted by Crippen LogP contribution is -2.17. The Balaban J connectivity index is 2.21. The van der Waals surface area contributed by atoms with Gasteiger partial charge in [0.05, 0.1) is 11.7 Å². The highest BCUT2D eigenvalue weighted by Gasteiger charge is 2.43. The summed E-state index contributed by atoms with van der Waals surface area (Å²) in [6.07, 6.45) is 7.51. The van der Waals surface area contributed by atoms with E-state index in [4.69, 9.17) is 10.2 Å². The van der Waals surface area contributed by atoms with Crippen LogP contribution in [0.4, 0.5) is 0 Å². The van der Waals surface area contributed by atoms with E-state index in [1.54, 1.807) is 6.20 Å². The normalized spacial score (nSPS) is 20.1. The molecule has 1 saturated carbocycles. The third-order valence-electron chi connectivity index (χ3n) is 2.37. The van der Waals surface area contributed by atoms with Gasteiger partial charge in [-0.2, -0.15) is 0 Å². The summed E-state index contributed by atoms with van der Waals surface area (Å²) in [6, 6.07) is 0. The predicted molar refractivity (Wildman–Crippen MR) is 42.6 cm³/mol. The van der Waals surface area contributed by atoms with Gasteiger partial charge in [-0.15, -0.1) is 0 Å². The molecule has 12 heavy (non-hydrogen) atoms. The number of nitrogens with two attached hydrogens (primary N) is 1. The van der Waals surface area contributed by atoms with E-state index in [2.05, 4.69) is 4.98 Å². The number of fused-ring (bicyclic) bond motifs is 1. The zero-order valence-electron chi connectivity index (χ0n) is 6.53. The predicted octanol–water partition coefficient (Wildman–Crippen LogP) is 0.875. The van der Waals surface area contributed by atoms with E-state index < -0.39 is 0 Å². The molecule has 0 aliphatic heterocycles. The topological polar surface area (TPSA) is 56.5 Å². The molecule has 62 valence electrons. The number of aromatic nitrogens is 2. The highest BCUT2D eigenvalue weighted by atomic mass is 16.4. The number of nitrogens with zero attached hydrogens (tertiary/aromatic N) is 2. The van der Waals surface area contributed by atoms with Crippen molar-refractivity contribution in [3.05, 3.63) is 24.4 Å². The van der Waals surface area contributed by atoms with Gasteiger partial charge >= 0.3 is 5.84 Å². The summed E-state index contributed by atoms with van der Waals surface area (Å²) in [5.74, 6) is 1.48. The Bertz CT molecular complexity index is 396. The number of hydrogen-bond acceptors (Lipinski definition) is 3. The number of rotatable bonds is 1. The SMILES string of the molecule is NC1(c2cn3ccnc3o2)CC1. The van der Waals surface area contributed by atoms with Crippen molar-refractivity contribution >= 4 is 5.84 Å². The van der Waals surface area contributed by atoms with Crippen molar-refractivity contribution in [3.8, 4) is 0 Å². The van der Waals surface area contributed by atoms with Crippen molar-refractivity contribution in [3.63, 3.8) is 0 Å². The van der Waals surface area contributed by atoms with Gasteiger partial charge in [0.2, 0.25) is 0 Å². The minimum atomic E-state index is -0.194. The molecule has 0 unspecified atom stereocenters. The maximum absolute atomic E-state index is 5.96. The quantitative estimate of drug-likeness (QED) is 0.678.